The molecule has 0 aliphatic rings. The number of benzene rings is 2. The first-order valence-corrected chi connectivity index (χ1v) is 10.2. The molecule has 3 N–H and O–H groups in total. The van der Waals surface area contributed by atoms with Gasteiger partial charge in [0.15, 0.2) is 11.6 Å². The van der Waals surface area contributed by atoms with Gasteiger partial charge in [0.25, 0.3) is 0 Å². The quantitative estimate of drug-likeness (QED) is 0.693. The van der Waals surface area contributed by atoms with Gasteiger partial charge in [-0.3, -0.25) is 9.69 Å². The van der Waals surface area contributed by atoms with Gasteiger partial charge >= 0.3 is 0 Å². The Labute approximate surface area is 163 Å². The third kappa shape index (κ3) is 6.08. The molecule has 1 amide bonds. The fraction of sp³-hybridized carbons (Fsp3) is 0.316. The zero-order valence-corrected chi connectivity index (χ0v) is 16.5. The Kier molecular flexibility index (Phi) is 7.22. The van der Waals surface area contributed by atoms with E-state index in [9.17, 15) is 22.0 Å². The van der Waals surface area contributed by atoms with E-state index in [4.69, 9.17) is 5.14 Å². The number of nitrogens with zero attached hydrogens (tertiary/aromatic N) is 1. The van der Waals surface area contributed by atoms with E-state index in [1.807, 2.05) is 0 Å². The Hall–Kier alpha value is -2.36. The second-order valence-electron chi connectivity index (χ2n) is 6.57. The first-order chi connectivity index (χ1) is 13.1. The second-order valence-corrected chi connectivity index (χ2v) is 8.13. The zero-order chi connectivity index (χ0) is 20.9. The van der Waals surface area contributed by atoms with Crippen LogP contribution >= 0.6 is 0 Å². The SMILES string of the molecule is CC(C(=O)NCCc1ccc(S(N)(=O)=O)cc1)N(C)Cc1ccc(F)c(F)c1. The Morgan fingerprint density at radius 1 is 1.11 bits per heavy atom. The molecule has 0 radical (unpaired) electrons. The molecular formula is C19H23F2N3O3S. The summed E-state index contributed by atoms with van der Waals surface area (Å²) in [6, 6.07) is 9.30. The number of hydrogen-bond donors (Lipinski definition) is 2. The fourth-order valence-corrected chi connectivity index (χ4v) is 3.10. The molecule has 0 spiro atoms. The highest BCUT2D eigenvalue weighted by Crippen LogP contribution is 2.12. The van der Waals surface area contributed by atoms with E-state index in [1.54, 1.807) is 31.0 Å². The van der Waals surface area contributed by atoms with Crippen molar-refractivity contribution in [1.29, 1.82) is 0 Å². The van der Waals surface area contributed by atoms with Crippen molar-refractivity contribution in [3.8, 4) is 0 Å². The van der Waals surface area contributed by atoms with Crippen molar-refractivity contribution in [3.63, 3.8) is 0 Å². The molecule has 0 fully saturated rings. The lowest BCUT2D eigenvalue weighted by Crippen LogP contribution is -2.43. The standard InChI is InChI=1S/C19H23F2N3O3S/c1-13(24(2)12-15-5-8-17(20)18(21)11-15)19(25)23-10-9-14-3-6-16(7-4-14)28(22,26)27/h3-8,11,13H,9-10,12H2,1-2H3,(H,23,25)(H2,22,26,27). The number of amides is 1. The lowest BCUT2D eigenvalue weighted by molar-refractivity contribution is -0.125. The van der Waals surface area contributed by atoms with Gasteiger partial charge in [-0.1, -0.05) is 18.2 Å². The summed E-state index contributed by atoms with van der Waals surface area (Å²) >= 11 is 0. The Morgan fingerprint density at radius 2 is 1.71 bits per heavy atom. The van der Waals surface area contributed by atoms with Gasteiger partial charge in [0.05, 0.1) is 10.9 Å². The zero-order valence-electron chi connectivity index (χ0n) is 15.7. The van der Waals surface area contributed by atoms with E-state index in [0.29, 0.717) is 25.1 Å². The minimum atomic E-state index is -3.72. The van der Waals surface area contributed by atoms with E-state index >= 15 is 0 Å². The minimum absolute atomic E-state index is 0.0350. The van der Waals surface area contributed by atoms with Gasteiger partial charge in [-0.15, -0.1) is 0 Å². The number of likely N-dealkylation sites (N-methyl/N-ethyl adjacent to an activating group) is 1. The summed E-state index contributed by atoms with van der Waals surface area (Å²) in [6.07, 6.45) is 0.524. The lowest BCUT2D eigenvalue weighted by atomic mass is 10.1. The fourth-order valence-electron chi connectivity index (χ4n) is 2.59. The van der Waals surface area contributed by atoms with E-state index in [2.05, 4.69) is 5.32 Å². The summed E-state index contributed by atoms with van der Waals surface area (Å²) in [5.41, 5.74) is 1.42. The molecule has 0 heterocycles. The average Bonchev–Trinajstić information content (AvgIpc) is 2.63. The van der Waals surface area contributed by atoms with E-state index < -0.39 is 27.7 Å². The molecule has 0 bridgehead atoms. The van der Waals surface area contributed by atoms with Gasteiger partial charge in [-0.2, -0.15) is 0 Å². The molecule has 0 aliphatic heterocycles. The molecule has 2 aromatic carbocycles. The summed E-state index contributed by atoms with van der Waals surface area (Å²) in [5, 5.41) is 7.86. The number of nitrogens with two attached hydrogens (primary N) is 1. The highest BCUT2D eigenvalue weighted by molar-refractivity contribution is 7.89. The number of primary sulfonamides is 1. The number of carbonyl (C=O) groups is 1. The lowest BCUT2D eigenvalue weighted by Gasteiger charge is -2.24. The summed E-state index contributed by atoms with van der Waals surface area (Å²) in [5.74, 6) is -2.03. The van der Waals surface area contributed by atoms with Crippen molar-refractivity contribution >= 4 is 15.9 Å². The summed E-state index contributed by atoms with van der Waals surface area (Å²) in [7, 11) is -2.01. The van der Waals surface area contributed by atoms with Crippen LogP contribution in [-0.4, -0.2) is 38.9 Å². The highest BCUT2D eigenvalue weighted by Gasteiger charge is 2.18. The van der Waals surface area contributed by atoms with E-state index in [0.717, 1.165) is 17.7 Å². The number of sulfonamides is 1. The van der Waals surface area contributed by atoms with Crippen molar-refractivity contribution in [1.82, 2.24) is 10.2 Å². The number of nitrogens with one attached hydrogen (secondary N) is 1. The van der Waals surface area contributed by atoms with Gasteiger partial charge < -0.3 is 5.32 Å². The van der Waals surface area contributed by atoms with Crippen molar-refractivity contribution in [3.05, 3.63) is 65.2 Å². The first-order valence-electron chi connectivity index (χ1n) is 8.61. The van der Waals surface area contributed by atoms with Gasteiger partial charge in [0.1, 0.15) is 0 Å². The van der Waals surface area contributed by atoms with Crippen LogP contribution in [0.5, 0.6) is 0 Å². The van der Waals surface area contributed by atoms with Crippen LogP contribution in [0.2, 0.25) is 0 Å². The maximum atomic E-state index is 13.3. The van der Waals surface area contributed by atoms with E-state index in [1.165, 1.54) is 18.2 Å². The van der Waals surface area contributed by atoms with Crippen LogP contribution in [0, 0.1) is 11.6 Å². The molecule has 152 valence electrons. The smallest absolute Gasteiger partial charge is 0.238 e. The van der Waals surface area contributed by atoms with Crippen molar-refractivity contribution in [2.24, 2.45) is 5.14 Å². The van der Waals surface area contributed by atoms with Crippen molar-refractivity contribution in [2.45, 2.75) is 30.8 Å². The predicted octanol–water partition coefficient (Wildman–Crippen LogP) is 1.79. The third-order valence-corrected chi connectivity index (χ3v) is 5.35. The molecule has 2 aromatic rings. The maximum absolute atomic E-state index is 13.3. The molecule has 1 unspecified atom stereocenters. The molecule has 9 heteroatoms. The molecule has 6 nitrogen and oxygen atoms in total. The Balaban J connectivity index is 1.83. The van der Waals surface area contributed by atoms with Crippen molar-refractivity contribution < 1.29 is 22.0 Å². The number of hydrogen-bond acceptors (Lipinski definition) is 4. The number of carbonyl (C=O) groups excluding carboxylic acids is 1. The number of rotatable bonds is 8. The first kappa shape index (κ1) is 21.9. The van der Waals surface area contributed by atoms with Gasteiger partial charge in [0.2, 0.25) is 15.9 Å². The van der Waals surface area contributed by atoms with Crippen LogP contribution in [0.25, 0.3) is 0 Å². The summed E-state index contributed by atoms with van der Waals surface area (Å²) in [4.78, 5) is 14.0. The Bertz CT molecular complexity index is 934. The molecule has 0 saturated heterocycles. The largest absolute Gasteiger partial charge is 0.354 e. The molecule has 1 atom stereocenters. The molecular weight excluding hydrogens is 388 g/mol. The molecule has 0 aromatic heterocycles. The Morgan fingerprint density at radius 3 is 2.29 bits per heavy atom. The van der Waals surface area contributed by atoms with Crippen molar-refractivity contribution in [2.75, 3.05) is 13.6 Å². The van der Waals surface area contributed by atoms with Crippen LogP contribution < -0.4 is 10.5 Å². The van der Waals surface area contributed by atoms with Crippen LogP contribution in [0.1, 0.15) is 18.1 Å². The normalized spacial score (nSPS) is 12.8. The number of halogens is 2. The monoisotopic (exact) mass is 411 g/mol. The third-order valence-electron chi connectivity index (χ3n) is 4.42. The van der Waals surface area contributed by atoms with Gasteiger partial charge in [-0.05, 0) is 55.8 Å². The van der Waals surface area contributed by atoms with E-state index in [-0.39, 0.29) is 10.8 Å². The van der Waals surface area contributed by atoms with Crippen LogP contribution in [0.4, 0.5) is 8.78 Å². The van der Waals surface area contributed by atoms with Gasteiger partial charge in [-0.25, -0.2) is 22.3 Å². The van der Waals surface area contributed by atoms with Crippen LogP contribution in [0.15, 0.2) is 47.4 Å². The van der Waals surface area contributed by atoms with Crippen LogP contribution in [-0.2, 0) is 27.8 Å². The summed E-state index contributed by atoms with van der Waals surface area (Å²) in [6.45, 7) is 2.38. The van der Waals surface area contributed by atoms with Gasteiger partial charge in [0, 0.05) is 13.1 Å². The predicted molar refractivity (Wildman–Crippen MR) is 102 cm³/mol. The summed E-state index contributed by atoms with van der Waals surface area (Å²) < 4.78 is 48.7. The average molecular weight is 411 g/mol. The minimum Gasteiger partial charge on any atom is -0.354 e. The molecule has 28 heavy (non-hydrogen) atoms. The second kappa shape index (κ2) is 9.22. The maximum Gasteiger partial charge on any atom is 0.238 e. The van der Waals surface area contributed by atoms with Crippen LogP contribution in [0.3, 0.4) is 0 Å². The molecule has 0 aliphatic carbocycles. The molecule has 2 rings (SSSR count). The highest BCUT2D eigenvalue weighted by atomic mass is 32.2. The topological polar surface area (TPSA) is 92.5 Å². The molecule has 0 saturated carbocycles.